The summed E-state index contributed by atoms with van der Waals surface area (Å²) < 4.78 is 10.7. The molecule has 11 heteroatoms. The van der Waals surface area contributed by atoms with E-state index in [-0.39, 0.29) is 29.4 Å². The Labute approximate surface area is 213 Å². The van der Waals surface area contributed by atoms with Gasteiger partial charge in [0.2, 0.25) is 12.5 Å². The molecule has 5 rings (SSSR count). The molecule has 1 saturated carbocycles. The second kappa shape index (κ2) is 10.2. The summed E-state index contributed by atoms with van der Waals surface area (Å²) >= 11 is 0. The van der Waals surface area contributed by atoms with E-state index < -0.39 is 53.9 Å². The maximum atomic E-state index is 13.3. The summed E-state index contributed by atoms with van der Waals surface area (Å²) in [5.74, 6) is -2.26. The van der Waals surface area contributed by atoms with Gasteiger partial charge in [-0.15, -0.1) is 0 Å². The molecule has 0 spiro atoms. The van der Waals surface area contributed by atoms with Crippen molar-refractivity contribution in [1.82, 2.24) is 16.0 Å². The van der Waals surface area contributed by atoms with E-state index in [0.29, 0.717) is 12.1 Å². The first-order chi connectivity index (χ1) is 17.8. The molecule has 198 valence electrons. The summed E-state index contributed by atoms with van der Waals surface area (Å²) in [4.78, 5) is 26.2. The number of unbranched alkanes of at least 4 members (excludes halogenated alkanes) is 1. The monoisotopic (exact) mass is 513 g/mol. The van der Waals surface area contributed by atoms with Crippen molar-refractivity contribution in [3.63, 3.8) is 0 Å². The van der Waals surface area contributed by atoms with E-state index in [0.717, 1.165) is 24.9 Å². The molecule has 0 aromatic heterocycles. The molecular formula is C26H31N3O8. The zero-order valence-corrected chi connectivity index (χ0v) is 20.3. The van der Waals surface area contributed by atoms with Crippen LogP contribution >= 0.6 is 0 Å². The van der Waals surface area contributed by atoms with E-state index in [4.69, 9.17) is 9.47 Å². The molecule has 7 N–H and O–H groups in total. The van der Waals surface area contributed by atoms with Gasteiger partial charge in [-0.25, -0.2) is 0 Å². The Morgan fingerprint density at radius 1 is 1.14 bits per heavy atom. The van der Waals surface area contributed by atoms with Gasteiger partial charge in [0, 0.05) is 18.0 Å². The second-order valence-electron chi connectivity index (χ2n) is 9.65. The molecule has 0 bridgehead atoms. The van der Waals surface area contributed by atoms with Crippen molar-refractivity contribution in [1.29, 1.82) is 0 Å². The van der Waals surface area contributed by atoms with Gasteiger partial charge in [0.1, 0.15) is 18.3 Å². The lowest BCUT2D eigenvalue weighted by atomic mass is 9.68. The van der Waals surface area contributed by atoms with Crippen LogP contribution in [0.5, 0.6) is 17.2 Å². The summed E-state index contributed by atoms with van der Waals surface area (Å²) in [5.41, 5.74) is 1.43. The molecule has 1 unspecified atom stereocenters. The number of aliphatic hydroxyl groups is 3. The van der Waals surface area contributed by atoms with Crippen molar-refractivity contribution in [2.24, 2.45) is 0 Å². The zero-order valence-electron chi connectivity index (χ0n) is 20.3. The Morgan fingerprint density at radius 3 is 2.73 bits per heavy atom. The van der Waals surface area contributed by atoms with Crippen molar-refractivity contribution in [2.75, 3.05) is 13.3 Å². The van der Waals surface area contributed by atoms with Gasteiger partial charge in [-0.2, -0.15) is 0 Å². The number of fused-ring (bicyclic) bond motifs is 4. The number of phenols is 1. The van der Waals surface area contributed by atoms with Crippen molar-refractivity contribution in [2.45, 2.75) is 62.6 Å². The number of ether oxygens (including phenoxy) is 2. The van der Waals surface area contributed by atoms with Gasteiger partial charge < -0.3 is 45.9 Å². The van der Waals surface area contributed by atoms with Gasteiger partial charge >= 0.3 is 0 Å². The summed E-state index contributed by atoms with van der Waals surface area (Å²) in [6, 6.07) is 6.40. The first kappa shape index (κ1) is 25.3. The minimum atomic E-state index is -1.63. The second-order valence-corrected chi connectivity index (χ2v) is 9.65. The first-order valence-electron chi connectivity index (χ1n) is 12.4. The molecule has 2 heterocycles. The molecule has 2 aromatic carbocycles. The minimum absolute atomic E-state index is 0.0224. The lowest BCUT2D eigenvalue weighted by Crippen LogP contribution is -2.69. The summed E-state index contributed by atoms with van der Waals surface area (Å²) in [7, 11) is 0. The molecule has 6 atom stereocenters. The number of carbonyl (C=O) groups excluding carboxylic acids is 2. The van der Waals surface area contributed by atoms with Crippen LogP contribution in [0.1, 0.15) is 57.5 Å². The lowest BCUT2D eigenvalue weighted by molar-refractivity contribution is -0.117. The number of hydrogen-bond acceptors (Lipinski definition) is 9. The summed E-state index contributed by atoms with van der Waals surface area (Å²) in [6.45, 7) is 3.42. The standard InChI is InChI=1S/C26H31N3O8/c1-2-3-7-27-10-12-5-4-6-13(8-12)25(34)28-18-16-14-9-15-24(37-11-36-15)20(30)17(14)26(35)29-19(16)22(32)23(33)21(18)31/h4-6,8-9,16,18-19,21-23,27,30-33H,2-3,7,10-11H2,1H3,(H,28,34)(H,29,35)/t16-,18?,19+,21-,22-,23+/m0/s1. The van der Waals surface area contributed by atoms with Gasteiger partial charge in [0.05, 0.1) is 17.6 Å². The predicted molar refractivity (Wildman–Crippen MR) is 131 cm³/mol. The fourth-order valence-corrected chi connectivity index (χ4v) is 5.37. The minimum Gasteiger partial charge on any atom is -0.504 e. The Balaban J connectivity index is 1.46. The number of aromatic hydroxyl groups is 1. The number of nitrogens with one attached hydrogen (secondary N) is 3. The fourth-order valence-electron chi connectivity index (χ4n) is 5.37. The van der Waals surface area contributed by atoms with Crippen LogP contribution in [0.25, 0.3) is 0 Å². The molecule has 0 radical (unpaired) electrons. The van der Waals surface area contributed by atoms with E-state index in [9.17, 15) is 30.0 Å². The SMILES string of the molecule is CCCCNCc1cccc(C(=O)NC2[C@H](O)[C@@H](O)[C@@H](O)[C@@H]3NC(=O)c4c(cc5c(c4O)OCO5)[C@@H]23)c1. The molecular weight excluding hydrogens is 482 g/mol. The van der Waals surface area contributed by atoms with Crippen molar-refractivity contribution >= 4 is 11.8 Å². The maximum Gasteiger partial charge on any atom is 0.255 e. The molecule has 1 aliphatic carbocycles. The number of rotatable bonds is 7. The van der Waals surface area contributed by atoms with Gasteiger partial charge in [-0.05, 0) is 42.3 Å². The Morgan fingerprint density at radius 2 is 1.95 bits per heavy atom. The van der Waals surface area contributed by atoms with Gasteiger partial charge in [0.25, 0.3) is 11.8 Å². The fraction of sp³-hybridized carbons (Fsp3) is 0.462. The number of hydrogen-bond donors (Lipinski definition) is 7. The van der Waals surface area contributed by atoms with Crippen molar-refractivity contribution < 1.29 is 39.5 Å². The summed E-state index contributed by atoms with van der Waals surface area (Å²) in [5, 5.41) is 51.7. The lowest BCUT2D eigenvalue weighted by Gasteiger charge is -2.49. The molecule has 37 heavy (non-hydrogen) atoms. The summed E-state index contributed by atoms with van der Waals surface area (Å²) in [6.07, 6.45) is -2.59. The van der Waals surface area contributed by atoms with Crippen molar-refractivity contribution in [3.8, 4) is 17.2 Å². The molecule has 11 nitrogen and oxygen atoms in total. The molecule has 0 saturated heterocycles. The van der Waals surface area contributed by atoms with Crippen LogP contribution in [0, 0.1) is 0 Å². The largest absolute Gasteiger partial charge is 0.504 e. The van der Waals surface area contributed by atoms with E-state index in [1.165, 1.54) is 6.07 Å². The van der Waals surface area contributed by atoms with Gasteiger partial charge in [0.15, 0.2) is 11.5 Å². The quantitative estimate of drug-likeness (QED) is 0.254. The molecule has 3 aliphatic rings. The highest BCUT2D eigenvalue weighted by Crippen LogP contribution is 2.50. The van der Waals surface area contributed by atoms with Crippen molar-refractivity contribution in [3.05, 3.63) is 52.6 Å². The average molecular weight is 514 g/mol. The third kappa shape index (κ3) is 4.48. The predicted octanol–water partition coefficient (Wildman–Crippen LogP) is 0.101. The molecule has 2 aromatic rings. The number of carbonyl (C=O) groups is 2. The Kier molecular flexibility index (Phi) is 6.95. The highest BCUT2D eigenvalue weighted by Gasteiger charge is 2.54. The van der Waals surface area contributed by atoms with Crippen LogP contribution in [0.15, 0.2) is 30.3 Å². The van der Waals surface area contributed by atoms with Crippen LogP contribution in [0.3, 0.4) is 0 Å². The van der Waals surface area contributed by atoms with E-state index >= 15 is 0 Å². The van der Waals surface area contributed by atoms with Gasteiger partial charge in [-0.1, -0.05) is 25.5 Å². The highest BCUT2D eigenvalue weighted by molar-refractivity contribution is 6.02. The van der Waals surface area contributed by atoms with E-state index in [1.54, 1.807) is 18.2 Å². The van der Waals surface area contributed by atoms with Gasteiger partial charge in [-0.3, -0.25) is 9.59 Å². The smallest absolute Gasteiger partial charge is 0.255 e. The van der Waals surface area contributed by atoms with Crippen LogP contribution < -0.4 is 25.4 Å². The maximum absolute atomic E-state index is 13.3. The normalized spacial score (nSPS) is 27.7. The van der Waals surface area contributed by atoms with E-state index in [1.807, 2.05) is 6.07 Å². The number of amides is 2. The number of phenolic OH excluding ortho intramolecular Hbond substituents is 1. The zero-order chi connectivity index (χ0) is 26.3. The van der Waals surface area contributed by atoms with Crippen LogP contribution in [-0.2, 0) is 6.54 Å². The first-order valence-corrected chi connectivity index (χ1v) is 12.4. The third-order valence-corrected chi connectivity index (χ3v) is 7.29. The van der Waals surface area contributed by atoms with Crippen LogP contribution in [0.2, 0.25) is 0 Å². The number of benzene rings is 2. The number of aliphatic hydroxyl groups excluding tert-OH is 3. The molecule has 2 aliphatic heterocycles. The van der Waals surface area contributed by atoms with E-state index in [2.05, 4.69) is 22.9 Å². The Bertz CT molecular complexity index is 1200. The highest BCUT2D eigenvalue weighted by atomic mass is 16.7. The average Bonchev–Trinajstić information content (AvgIpc) is 3.37. The molecule has 1 fully saturated rings. The Hall–Kier alpha value is -3.38. The third-order valence-electron chi connectivity index (χ3n) is 7.29. The molecule has 2 amide bonds. The van der Waals surface area contributed by atoms with Crippen LogP contribution in [0.4, 0.5) is 0 Å². The topological polar surface area (TPSA) is 170 Å². The van der Waals surface area contributed by atoms with Crippen LogP contribution in [-0.4, -0.2) is 76.0 Å².